The van der Waals surface area contributed by atoms with E-state index in [1.807, 2.05) is 0 Å². The molecule has 0 bridgehead atoms. The Bertz CT molecular complexity index is 526. The third kappa shape index (κ3) is 3.54. The molecule has 19 heavy (non-hydrogen) atoms. The van der Waals surface area contributed by atoms with Crippen molar-refractivity contribution in [2.45, 2.75) is 25.3 Å². The molecule has 2 N–H and O–H groups in total. The number of hydrogen-bond acceptors (Lipinski definition) is 4. The van der Waals surface area contributed by atoms with Gasteiger partial charge in [0, 0.05) is 31.9 Å². The standard InChI is InChI=1S/C11H18N4O3S/c1-19(17,18)15-8-2-3-9(15)11(16)14-5-4-10-12-6-7-13-10/h6-7,9H,2-5,8H2,1H3,(H,12,13)(H,14,16). The molecule has 0 aromatic carbocycles. The second kappa shape index (κ2) is 5.70. The van der Waals surface area contributed by atoms with E-state index < -0.39 is 16.1 Å². The van der Waals surface area contributed by atoms with Crippen LogP contribution < -0.4 is 5.32 Å². The van der Waals surface area contributed by atoms with Gasteiger partial charge in [-0.2, -0.15) is 4.31 Å². The summed E-state index contributed by atoms with van der Waals surface area (Å²) in [5, 5.41) is 2.76. The molecule has 2 heterocycles. The van der Waals surface area contributed by atoms with Crippen molar-refractivity contribution in [3.8, 4) is 0 Å². The van der Waals surface area contributed by atoms with Gasteiger partial charge in [0.15, 0.2) is 0 Å². The Kier molecular flexibility index (Phi) is 4.20. The molecule has 1 aliphatic heterocycles. The van der Waals surface area contributed by atoms with Gasteiger partial charge in [-0.05, 0) is 12.8 Å². The molecule has 1 aliphatic rings. The van der Waals surface area contributed by atoms with Crippen molar-refractivity contribution in [3.63, 3.8) is 0 Å². The Balaban J connectivity index is 1.85. The maximum atomic E-state index is 12.0. The average Bonchev–Trinajstić information content (AvgIpc) is 2.98. The van der Waals surface area contributed by atoms with Gasteiger partial charge in [0.2, 0.25) is 15.9 Å². The Morgan fingerprint density at radius 2 is 2.42 bits per heavy atom. The molecule has 0 radical (unpaired) electrons. The summed E-state index contributed by atoms with van der Waals surface area (Å²) in [5.41, 5.74) is 0. The van der Waals surface area contributed by atoms with Crippen LogP contribution in [0, 0.1) is 0 Å². The summed E-state index contributed by atoms with van der Waals surface area (Å²) in [5.74, 6) is 0.571. The molecule has 1 amide bonds. The van der Waals surface area contributed by atoms with Crippen LogP contribution in [0.15, 0.2) is 12.4 Å². The number of H-pyrrole nitrogens is 1. The molecule has 0 saturated carbocycles. The molecule has 1 unspecified atom stereocenters. The molecule has 1 fully saturated rings. The van der Waals surface area contributed by atoms with E-state index in [1.54, 1.807) is 12.4 Å². The van der Waals surface area contributed by atoms with Crippen molar-refractivity contribution < 1.29 is 13.2 Å². The number of sulfonamides is 1. The van der Waals surface area contributed by atoms with Gasteiger partial charge in [-0.1, -0.05) is 0 Å². The van der Waals surface area contributed by atoms with Gasteiger partial charge in [-0.25, -0.2) is 13.4 Å². The monoisotopic (exact) mass is 286 g/mol. The highest BCUT2D eigenvalue weighted by Gasteiger charge is 2.36. The highest BCUT2D eigenvalue weighted by atomic mass is 32.2. The Morgan fingerprint density at radius 1 is 1.63 bits per heavy atom. The van der Waals surface area contributed by atoms with Crippen molar-refractivity contribution in [1.82, 2.24) is 19.6 Å². The molecular weight excluding hydrogens is 268 g/mol. The fraction of sp³-hybridized carbons (Fsp3) is 0.636. The minimum Gasteiger partial charge on any atom is -0.354 e. The van der Waals surface area contributed by atoms with E-state index >= 15 is 0 Å². The maximum Gasteiger partial charge on any atom is 0.238 e. The largest absolute Gasteiger partial charge is 0.354 e. The van der Waals surface area contributed by atoms with Gasteiger partial charge in [0.1, 0.15) is 11.9 Å². The van der Waals surface area contributed by atoms with E-state index in [9.17, 15) is 13.2 Å². The minimum absolute atomic E-state index is 0.227. The van der Waals surface area contributed by atoms with Crippen LogP contribution in [0.25, 0.3) is 0 Å². The average molecular weight is 286 g/mol. The topological polar surface area (TPSA) is 95.2 Å². The number of rotatable bonds is 5. The zero-order chi connectivity index (χ0) is 13.9. The molecule has 8 heteroatoms. The molecule has 0 aliphatic carbocycles. The maximum absolute atomic E-state index is 12.0. The zero-order valence-electron chi connectivity index (χ0n) is 10.8. The van der Waals surface area contributed by atoms with Gasteiger partial charge < -0.3 is 10.3 Å². The number of carbonyl (C=O) groups is 1. The normalized spacial score (nSPS) is 20.6. The predicted molar refractivity (Wildman–Crippen MR) is 69.9 cm³/mol. The van der Waals surface area contributed by atoms with Gasteiger partial charge in [0.05, 0.1) is 6.26 Å². The molecule has 0 spiro atoms. The third-order valence-electron chi connectivity index (χ3n) is 3.15. The van der Waals surface area contributed by atoms with E-state index in [0.717, 1.165) is 18.5 Å². The fourth-order valence-electron chi connectivity index (χ4n) is 2.26. The van der Waals surface area contributed by atoms with E-state index in [1.165, 1.54) is 4.31 Å². The minimum atomic E-state index is -3.31. The molecule has 106 valence electrons. The second-order valence-electron chi connectivity index (χ2n) is 4.61. The lowest BCUT2D eigenvalue weighted by Gasteiger charge is -2.21. The molecule has 1 aromatic heterocycles. The number of hydrogen-bond donors (Lipinski definition) is 2. The Hall–Kier alpha value is -1.41. The first-order valence-corrected chi connectivity index (χ1v) is 8.06. The number of nitrogens with zero attached hydrogens (tertiary/aromatic N) is 2. The quantitative estimate of drug-likeness (QED) is 0.762. The van der Waals surface area contributed by atoms with Gasteiger partial charge in [-0.15, -0.1) is 0 Å². The highest BCUT2D eigenvalue weighted by molar-refractivity contribution is 7.88. The number of amides is 1. The lowest BCUT2D eigenvalue weighted by atomic mass is 10.2. The van der Waals surface area contributed by atoms with E-state index in [2.05, 4.69) is 15.3 Å². The summed E-state index contributed by atoms with van der Waals surface area (Å²) >= 11 is 0. The van der Waals surface area contributed by atoms with Gasteiger partial charge >= 0.3 is 0 Å². The summed E-state index contributed by atoms with van der Waals surface area (Å²) in [6.45, 7) is 0.871. The zero-order valence-corrected chi connectivity index (χ0v) is 11.6. The number of nitrogens with one attached hydrogen (secondary N) is 2. The lowest BCUT2D eigenvalue weighted by Crippen LogP contribution is -2.45. The first-order chi connectivity index (χ1) is 8.98. The van der Waals surface area contributed by atoms with Gasteiger partial charge in [0.25, 0.3) is 0 Å². The van der Waals surface area contributed by atoms with Crippen LogP contribution in [0.1, 0.15) is 18.7 Å². The molecular formula is C11H18N4O3S. The third-order valence-corrected chi connectivity index (χ3v) is 4.44. The van der Waals surface area contributed by atoms with Crippen LogP contribution in [0.2, 0.25) is 0 Å². The van der Waals surface area contributed by atoms with Gasteiger partial charge in [-0.3, -0.25) is 4.79 Å². The fourth-order valence-corrected chi connectivity index (χ4v) is 3.38. The van der Waals surface area contributed by atoms with E-state index in [4.69, 9.17) is 0 Å². The SMILES string of the molecule is CS(=O)(=O)N1CCCC1C(=O)NCCc1ncc[nH]1. The summed E-state index contributed by atoms with van der Waals surface area (Å²) < 4.78 is 24.4. The van der Waals surface area contributed by atoms with Crippen molar-refractivity contribution >= 4 is 15.9 Å². The molecule has 2 rings (SSSR count). The van der Waals surface area contributed by atoms with Crippen LogP contribution in [0.3, 0.4) is 0 Å². The van der Waals surface area contributed by atoms with Crippen molar-refractivity contribution in [2.24, 2.45) is 0 Å². The van der Waals surface area contributed by atoms with Crippen molar-refractivity contribution in [2.75, 3.05) is 19.3 Å². The van der Waals surface area contributed by atoms with Crippen molar-refractivity contribution in [1.29, 1.82) is 0 Å². The molecule has 1 atom stereocenters. The summed E-state index contributed by atoms with van der Waals surface area (Å²) in [4.78, 5) is 19.0. The first-order valence-electron chi connectivity index (χ1n) is 6.21. The van der Waals surface area contributed by atoms with E-state index in [0.29, 0.717) is 25.9 Å². The van der Waals surface area contributed by atoms with Crippen LogP contribution in [0.4, 0.5) is 0 Å². The van der Waals surface area contributed by atoms with E-state index in [-0.39, 0.29) is 5.91 Å². The predicted octanol–water partition coefficient (Wildman–Crippen LogP) is -0.508. The van der Waals surface area contributed by atoms with Crippen LogP contribution in [0.5, 0.6) is 0 Å². The van der Waals surface area contributed by atoms with Crippen LogP contribution in [-0.2, 0) is 21.2 Å². The number of aromatic nitrogens is 2. The molecule has 7 nitrogen and oxygen atoms in total. The molecule has 1 saturated heterocycles. The summed E-state index contributed by atoms with van der Waals surface area (Å²) in [7, 11) is -3.31. The summed E-state index contributed by atoms with van der Waals surface area (Å²) in [6, 6.07) is -0.563. The molecule has 1 aromatic rings. The Morgan fingerprint density at radius 3 is 3.05 bits per heavy atom. The highest BCUT2D eigenvalue weighted by Crippen LogP contribution is 2.20. The number of aromatic amines is 1. The number of carbonyl (C=O) groups excluding carboxylic acids is 1. The lowest BCUT2D eigenvalue weighted by molar-refractivity contribution is -0.124. The van der Waals surface area contributed by atoms with Crippen LogP contribution >= 0.6 is 0 Å². The second-order valence-corrected chi connectivity index (χ2v) is 6.54. The smallest absolute Gasteiger partial charge is 0.238 e. The number of imidazole rings is 1. The van der Waals surface area contributed by atoms with Crippen LogP contribution in [-0.4, -0.2) is 54.0 Å². The first kappa shape index (κ1) is 14.0. The summed E-state index contributed by atoms with van der Waals surface area (Å²) in [6.07, 6.45) is 6.42. The van der Waals surface area contributed by atoms with Crippen molar-refractivity contribution in [3.05, 3.63) is 18.2 Å². The Labute approximate surface area is 112 Å².